The van der Waals surface area contributed by atoms with Gasteiger partial charge in [-0.2, -0.15) is 13.2 Å². The SMILES string of the molecule is C=N/C=C(\C(=N/CNC1(CCC2CCOCC2)CC1)NCCCNC)C(F)(F)F. The highest BCUT2D eigenvalue weighted by Gasteiger charge is 2.42. The third-order valence-corrected chi connectivity index (χ3v) is 5.59. The van der Waals surface area contributed by atoms with E-state index in [1.807, 2.05) is 0 Å². The van der Waals surface area contributed by atoms with E-state index in [9.17, 15) is 13.2 Å². The molecule has 0 bridgehead atoms. The van der Waals surface area contributed by atoms with Crippen LogP contribution in [-0.4, -0.2) is 64.3 Å². The molecule has 1 aliphatic carbocycles. The van der Waals surface area contributed by atoms with Crippen LogP contribution in [0.4, 0.5) is 13.2 Å². The van der Waals surface area contributed by atoms with Gasteiger partial charge in [0.1, 0.15) is 11.4 Å². The van der Waals surface area contributed by atoms with E-state index >= 15 is 0 Å². The Morgan fingerprint density at radius 1 is 1.24 bits per heavy atom. The Bertz CT molecular complexity index is 567. The van der Waals surface area contributed by atoms with E-state index in [1.54, 1.807) is 7.05 Å². The Hall–Kier alpha value is -1.45. The fourth-order valence-electron chi connectivity index (χ4n) is 3.54. The molecule has 0 radical (unpaired) electrons. The van der Waals surface area contributed by atoms with Crippen molar-refractivity contribution in [3.63, 3.8) is 0 Å². The van der Waals surface area contributed by atoms with Gasteiger partial charge < -0.3 is 15.4 Å². The van der Waals surface area contributed by atoms with Gasteiger partial charge in [-0.05, 0) is 71.2 Å². The summed E-state index contributed by atoms with van der Waals surface area (Å²) in [5.41, 5.74) is -0.872. The van der Waals surface area contributed by atoms with Gasteiger partial charge in [-0.15, -0.1) is 0 Å². The van der Waals surface area contributed by atoms with Crippen LogP contribution in [0.5, 0.6) is 0 Å². The van der Waals surface area contributed by atoms with Gasteiger partial charge in [0.05, 0.1) is 6.67 Å². The lowest BCUT2D eigenvalue weighted by molar-refractivity contribution is -0.0865. The Morgan fingerprint density at radius 2 is 1.97 bits per heavy atom. The predicted octanol–water partition coefficient (Wildman–Crippen LogP) is 3.02. The third kappa shape index (κ3) is 8.44. The fourth-order valence-corrected chi connectivity index (χ4v) is 3.54. The van der Waals surface area contributed by atoms with E-state index in [0.717, 1.165) is 57.9 Å². The number of ether oxygens (including phenoxy) is 1. The van der Waals surface area contributed by atoms with Gasteiger partial charge in [0, 0.05) is 31.5 Å². The number of nitrogens with one attached hydrogen (secondary N) is 3. The van der Waals surface area contributed by atoms with E-state index in [-0.39, 0.29) is 18.0 Å². The first-order valence-corrected chi connectivity index (χ1v) is 10.4. The topological polar surface area (TPSA) is 70.0 Å². The standard InChI is InChI=1S/C20H34F3N5O/c1-24-10-3-11-26-18(17(14-25-2)20(21,22)23)27-15-28-19(8-9-19)7-4-16-5-12-29-13-6-16/h14,16,24,28H,2-13,15H2,1H3,(H,26,27)/b17-14+. The molecule has 0 atom stereocenters. The summed E-state index contributed by atoms with van der Waals surface area (Å²) >= 11 is 0. The summed E-state index contributed by atoms with van der Waals surface area (Å²) in [4.78, 5) is 7.53. The highest BCUT2D eigenvalue weighted by atomic mass is 19.4. The summed E-state index contributed by atoms with van der Waals surface area (Å²) in [6, 6.07) is 0. The van der Waals surface area contributed by atoms with Crippen molar-refractivity contribution in [1.82, 2.24) is 16.0 Å². The van der Waals surface area contributed by atoms with Crippen LogP contribution in [0.1, 0.15) is 44.9 Å². The number of alkyl halides is 3. The smallest absolute Gasteiger partial charge is 0.381 e. The average Bonchev–Trinajstić information content (AvgIpc) is 3.47. The lowest BCUT2D eigenvalue weighted by Gasteiger charge is -2.24. The molecule has 6 nitrogen and oxygen atoms in total. The molecule has 2 fully saturated rings. The van der Waals surface area contributed by atoms with Gasteiger partial charge in [0.2, 0.25) is 0 Å². The summed E-state index contributed by atoms with van der Waals surface area (Å²) in [6.07, 6.45) is 3.33. The van der Waals surface area contributed by atoms with Crippen LogP contribution in [0.3, 0.4) is 0 Å². The molecule has 1 aliphatic heterocycles. The van der Waals surface area contributed by atoms with E-state index in [0.29, 0.717) is 25.4 Å². The molecule has 1 saturated carbocycles. The van der Waals surface area contributed by atoms with E-state index in [2.05, 4.69) is 32.7 Å². The molecule has 2 aliphatic rings. The van der Waals surface area contributed by atoms with E-state index in [4.69, 9.17) is 4.74 Å². The molecule has 9 heteroatoms. The lowest BCUT2D eigenvalue weighted by Crippen LogP contribution is -2.37. The molecule has 29 heavy (non-hydrogen) atoms. The second-order valence-electron chi connectivity index (χ2n) is 7.82. The first-order valence-electron chi connectivity index (χ1n) is 10.4. The average molecular weight is 418 g/mol. The van der Waals surface area contributed by atoms with Gasteiger partial charge >= 0.3 is 6.18 Å². The molecule has 1 heterocycles. The van der Waals surface area contributed by atoms with Crippen LogP contribution in [-0.2, 0) is 4.74 Å². The number of nitrogens with zero attached hydrogens (tertiary/aromatic N) is 2. The van der Waals surface area contributed by atoms with Crippen LogP contribution in [0.15, 0.2) is 21.8 Å². The van der Waals surface area contributed by atoms with Gasteiger partial charge in [-0.25, -0.2) is 0 Å². The van der Waals surface area contributed by atoms with Crippen molar-refractivity contribution in [3.05, 3.63) is 11.8 Å². The fraction of sp³-hybridized carbons (Fsp3) is 0.800. The summed E-state index contributed by atoms with van der Waals surface area (Å²) in [5, 5.41) is 9.17. The molecule has 3 N–H and O–H groups in total. The maximum Gasteiger partial charge on any atom is 0.421 e. The normalized spacial score (nSPS) is 20.6. The minimum atomic E-state index is -4.55. The Balaban J connectivity index is 1.92. The summed E-state index contributed by atoms with van der Waals surface area (Å²) in [7, 11) is 1.80. The molecule has 2 rings (SSSR count). The van der Waals surface area contributed by atoms with Gasteiger partial charge in [-0.3, -0.25) is 15.3 Å². The molecule has 0 amide bonds. The zero-order chi connectivity index (χ0) is 21.2. The van der Waals surface area contributed by atoms with Gasteiger partial charge in [0.15, 0.2) is 0 Å². The molecule has 0 unspecified atom stereocenters. The maximum absolute atomic E-state index is 13.4. The number of halogens is 3. The summed E-state index contributed by atoms with van der Waals surface area (Å²) in [5.74, 6) is 0.503. The number of hydrogen-bond acceptors (Lipinski definition) is 5. The minimum absolute atomic E-state index is 0.0256. The molecule has 1 saturated heterocycles. The molecule has 166 valence electrons. The zero-order valence-corrected chi connectivity index (χ0v) is 17.3. The quantitative estimate of drug-likeness (QED) is 0.259. The minimum Gasteiger partial charge on any atom is -0.381 e. The third-order valence-electron chi connectivity index (χ3n) is 5.59. The molecule has 0 aromatic carbocycles. The van der Waals surface area contributed by atoms with Gasteiger partial charge in [-0.1, -0.05) is 0 Å². The van der Waals surface area contributed by atoms with Gasteiger partial charge in [0.25, 0.3) is 0 Å². The Labute approximate surface area is 171 Å². The van der Waals surface area contributed by atoms with Crippen LogP contribution in [0.2, 0.25) is 0 Å². The van der Waals surface area contributed by atoms with E-state index in [1.165, 1.54) is 0 Å². The maximum atomic E-state index is 13.4. The molecular formula is C20H34F3N5O. The molecule has 0 spiro atoms. The summed E-state index contributed by atoms with van der Waals surface area (Å²) < 4.78 is 45.6. The number of aliphatic imine (C=N–C) groups is 2. The lowest BCUT2D eigenvalue weighted by atomic mass is 9.92. The molecular weight excluding hydrogens is 383 g/mol. The van der Waals surface area contributed by atoms with Crippen LogP contribution in [0.25, 0.3) is 0 Å². The largest absolute Gasteiger partial charge is 0.421 e. The molecule has 0 aromatic rings. The summed E-state index contributed by atoms with van der Waals surface area (Å²) in [6.45, 7) is 6.07. The van der Waals surface area contributed by atoms with Crippen molar-refractivity contribution < 1.29 is 17.9 Å². The predicted molar refractivity (Wildman–Crippen MR) is 110 cm³/mol. The van der Waals surface area contributed by atoms with Crippen molar-refractivity contribution in [2.45, 2.75) is 56.7 Å². The van der Waals surface area contributed by atoms with E-state index < -0.39 is 11.7 Å². The van der Waals surface area contributed by atoms with Crippen LogP contribution in [0, 0.1) is 5.92 Å². The van der Waals surface area contributed by atoms with Crippen molar-refractivity contribution in [2.75, 3.05) is 40.0 Å². The monoisotopic (exact) mass is 417 g/mol. The second kappa shape index (κ2) is 11.7. The Morgan fingerprint density at radius 3 is 2.55 bits per heavy atom. The first-order chi connectivity index (χ1) is 13.9. The van der Waals surface area contributed by atoms with Crippen molar-refractivity contribution in [3.8, 4) is 0 Å². The van der Waals surface area contributed by atoms with Crippen molar-refractivity contribution in [2.24, 2.45) is 15.9 Å². The number of hydrogen-bond donors (Lipinski definition) is 3. The number of rotatable bonds is 12. The first kappa shape index (κ1) is 23.8. The second-order valence-corrected chi connectivity index (χ2v) is 7.82. The highest BCUT2D eigenvalue weighted by molar-refractivity contribution is 5.99. The number of amidine groups is 1. The van der Waals surface area contributed by atoms with Crippen LogP contribution >= 0.6 is 0 Å². The Kier molecular flexibility index (Phi) is 9.58. The van der Waals surface area contributed by atoms with Crippen molar-refractivity contribution in [1.29, 1.82) is 0 Å². The molecule has 0 aromatic heterocycles. The highest BCUT2D eigenvalue weighted by Crippen LogP contribution is 2.41. The zero-order valence-electron chi connectivity index (χ0n) is 17.3. The van der Waals surface area contributed by atoms with Crippen LogP contribution < -0.4 is 16.0 Å². The van der Waals surface area contributed by atoms with Crippen molar-refractivity contribution >= 4 is 12.6 Å².